The third kappa shape index (κ3) is 5.69. The second-order valence-electron chi connectivity index (χ2n) is 11.6. The van der Waals surface area contributed by atoms with E-state index in [4.69, 9.17) is 16.3 Å². The number of aromatic nitrogens is 4. The lowest BCUT2D eigenvalue weighted by Crippen LogP contribution is -2.61. The molecule has 0 radical (unpaired) electrons. The van der Waals surface area contributed by atoms with Crippen LogP contribution >= 0.6 is 11.6 Å². The van der Waals surface area contributed by atoms with Crippen LogP contribution in [-0.4, -0.2) is 61.4 Å². The summed E-state index contributed by atoms with van der Waals surface area (Å²) in [7, 11) is 1.82. The Balaban J connectivity index is 1.41. The van der Waals surface area contributed by atoms with E-state index in [1.54, 1.807) is 9.47 Å². The van der Waals surface area contributed by atoms with E-state index >= 15 is 0 Å². The summed E-state index contributed by atoms with van der Waals surface area (Å²) in [6.07, 6.45) is -0.370. The minimum atomic E-state index is -0.550. The van der Waals surface area contributed by atoms with Gasteiger partial charge in [0.1, 0.15) is 17.1 Å². The topological polar surface area (TPSA) is 117 Å². The Labute approximate surface area is 222 Å². The molecule has 1 fully saturated rings. The normalized spacial score (nSPS) is 14.6. The standard InChI is InChI=1S/C26H36ClN7O3/c1-14-21(23(35)30-15-12-34(13-15)24(36)37-26(5,6)7)33(8)20(29-14)11-28-22-16-9-17(25(2,3)4)18(27)10-19(16)31-32-22/h9-10,15H,11-13H2,1-8H3,(H,30,35)(H2,28,31,32). The van der Waals surface area contributed by atoms with Gasteiger partial charge in [-0.1, -0.05) is 32.4 Å². The van der Waals surface area contributed by atoms with E-state index < -0.39 is 5.60 Å². The Bertz CT molecular complexity index is 1340. The molecule has 0 atom stereocenters. The van der Waals surface area contributed by atoms with Crippen molar-refractivity contribution in [3.63, 3.8) is 0 Å². The van der Waals surface area contributed by atoms with Crippen LogP contribution in [0, 0.1) is 6.92 Å². The van der Waals surface area contributed by atoms with Crippen LogP contribution in [0.2, 0.25) is 5.02 Å². The first-order chi connectivity index (χ1) is 17.1. The Morgan fingerprint density at radius 1 is 1.19 bits per heavy atom. The van der Waals surface area contributed by atoms with Gasteiger partial charge in [-0.3, -0.25) is 9.89 Å². The molecule has 2 aromatic heterocycles. The molecule has 3 aromatic rings. The van der Waals surface area contributed by atoms with E-state index in [0.29, 0.717) is 47.7 Å². The van der Waals surface area contributed by atoms with Crippen molar-refractivity contribution in [2.45, 2.75) is 72.1 Å². The van der Waals surface area contributed by atoms with Crippen LogP contribution in [-0.2, 0) is 23.7 Å². The lowest BCUT2D eigenvalue weighted by Gasteiger charge is -2.39. The number of halogens is 1. The molecule has 1 aliphatic rings. The summed E-state index contributed by atoms with van der Waals surface area (Å²) in [5, 5.41) is 15.4. The minimum Gasteiger partial charge on any atom is -0.444 e. The smallest absolute Gasteiger partial charge is 0.410 e. The van der Waals surface area contributed by atoms with Crippen molar-refractivity contribution >= 4 is 40.3 Å². The molecule has 200 valence electrons. The molecular weight excluding hydrogens is 494 g/mol. The van der Waals surface area contributed by atoms with Gasteiger partial charge in [0.15, 0.2) is 5.82 Å². The molecule has 3 heterocycles. The number of anilines is 1. The van der Waals surface area contributed by atoms with Crippen molar-refractivity contribution in [1.82, 2.24) is 30.0 Å². The number of benzene rings is 1. The van der Waals surface area contributed by atoms with E-state index in [1.165, 1.54) is 0 Å². The highest BCUT2D eigenvalue weighted by Crippen LogP contribution is 2.34. The molecule has 0 spiro atoms. The Morgan fingerprint density at radius 2 is 1.86 bits per heavy atom. The molecule has 0 bridgehead atoms. The van der Waals surface area contributed by atoms with Crippen molar-refractivity contribution < 1.29 is 14.3 Å². The fourth-order valence-corrected chi connectivity index (χ4v) is 4.82. The Morgan fingerprint density at radius 3 is 2.49 bits per heavy atom. The summed E-state index contributed by atoms with van der Waals surface area (Å²) >= 11 is 6.50. The zero-order valence-electron chi connectivity index (χ0n) is 22.7. The van der Waals surface area contributed by atoms with E-state index in [9.17, 15) is 9.59 Å². The van der Waals surface area contributed by atoms with Gasteiger partial charge in [-0.05, 0) is 50.8 Å². The number of nitrogens with zero attached hydrogens (tertiary/aromatic N) is 4. The molecule has 10 nitrogen and oxygen atoms in total. The first kappa shape index (κ1) is 26.8. The number of likely N-dealkylation sites (tertiary alicyclic amines) is 1. The number of H-pyrrole nitrogens is 1. The maximum atomic E-state index is 13.0. The number of fused-ring (bicyclic) bond motifs is 1. The van der Waals surface area contributed by atoms with Gasteiger partial charge >= 0.3 is 6.09 Å². The summed E-state index contributed by atoms with van der Waals surface area (Å²) in [5.41, 5.74) is 2.35. The van der Waals surface area contributed by atoms with Crippen LogP contribution in [0.1, 0.15) is 69.1 Å². The summed E-state index contributed by atoms with van der Waals surface area (Å²) < 4.78 is 7.16. The van der Waals surface area contributed by atoms with Crippen LogP contribution in [0.5, 0.6) is 0 Å². The van der Waals surface area contributed by atoms with Crippen LogP contribution in [0.4, 0.5) is 10.6 Å². The van der Waals surface area contributed by atoms with Crippen molar-refractivity contribution in [2.24, 2.45) is 7.05 Å². The number of rotatable bonds is 5. The summed E-state index contributed by atoms with van der Waals surface area (Å²) in [6.45, 7) is 14.9. The van der Waals surface area contributed by atoms with Crippen molar-refractivity contribution in [1.29, 1.82) is 0 Å². The number of aromatic amines is 1. The van der Waals surface area contributed by atoms with Gasteiger partial charge in [0.2, 0.25) is 0 Å². The lowest BCUT2D eigenvalue weighted by molar-refractivity contribution is 0.00528. The van der Waals surface area contributed by atoms with Gasteiger partial charge in [0.25, 0.3) is 5.91 Å². The minimum absolute atomic E-state index is 0.108. The third-order valence-electron chi connectivity index (χ3n) is 6.32. The zero-order chi connectivity index (χ0) is 27.3. The van der Waals surface area contributed by atoms with Gasteiger partial charge in [-0.15, -0.1) is 0 Å². The average molecular weight is 530 g/mol. The number of imidazole rings is 1. The van der Waals surface area contributed by atoms with E-state index in [2.05, 4.69) is 52.7 Å². The van der Waals surface area contributed by atoms with E-state index in [-0.39, 0.29) is 23.5 Å². The van der Waals surface area contributed by atoms with E-state index in [1.807, 2.05) is 40.8 Å². The first-order valence-electron chi connectivity index (χ1n) is 12.4. The van der Waals surface area contributed by atoms with Crippen LogP contribution < -0.4 is 10.6 Å². The van der Waals surface area contributed by atoms with Crippen molar-refractivity contribution in [3.8, 4) is 0 Å². The summed E-state index contributed by atoms with van der Waals surface area (Å²) in [6, 6.07) is 3.83. The van der Waals surface area contributed by atoms with Gasteiger partial charge in [-0.2, -0.15) is 5.10 Å². The number of aryl methyl sites for hydroxylation is 1. The number of hydrogen-bond acceptors (Lipinski definition) is 6. The van der Waals surface area contributed by atoms with Crippen LogP contribution in [0.15, 0.2) is 12.1 Å². The highest BCUT2D eigenvalue weighted by Gasteiger charge is 2.35. The SMILES string of the molecule is Cc1nc(CNc2n[nH]c3cc(Cl)c(C(C)(C)C)cc23)n(C)c1C(=O)NC1CN(C(=O)OC(C)(C)C)C1. The number of carbonyl (C=O) groups excluding carboxylic acids is 2. The number of amides is 2. The van der Waals surface area contributed by atoms with Gasteiger partial charge in [0.05, 0.1) is 23.8 Å². The molecule has 1 saturated heterocycles. The monoisotopic (exact) mass is 529 g/mol. The second-order valence-corrected chi connectivity index (χ2v) is 12.0. The zero-order valence-corrected chi connectivity index (χ0v) is 23.5. The Hall–Kier alpha value is -3.27. The molecule has 0 unspecified atom stereocenters. The molecule has 0 aliphatic carbocycles. The van der Waals surface area contributed by atoms with E-state index in [0.717, 1.165) is 16.5 Å². The Kier molecular flexibility index (Phi) is 6.92. The predicted molar refractivity (Wildman–Crippen MR) is 144 cm³/mol. The number of carbonyl (C=O) groups is 2. The third-order valence-corrected chi connectivity index (χ3v) is 6.63. The lowest BCUT2D eigenvalue weighted by atomic mass is 9.86. The van der Waals surface area contributed by atoms with Crippen LogP contribution in [0.3, 0.4) is 0 Å². The number of nitrogens with one attached hydrogen (secondary N) is 3. The fraction of sp³-hybridized carbons (Fsp3) is 0.538. The average Bonchev–Trinajstić information content (AvgIpc) is 3.24. The molecule has 1 aromatic carbocycles. The summed E-state index contributed by atoms with van der Waals surface area (Å²) in [4.78, 5) is 31.4. The molecule has 3 N–H and O–H groups in total. The van der Waals surface area contributed by atoms with Gasteiger partial charge in [-0.25, -0.2) is 9.78 Å². The summed E-state index contributed by atoms with van der Waals surface area (Å²) in [5.74, 6) is 1.18. The highest BCUT2D eigenvalue weighted by atomic mass is 35.5. The molecule has 37 heavy (non-hydrogen) atoms. The largest absolute Gasteiger partial charge is 0.444 e. The maximum Gasteiger partial charge on any atom is 0.410 e. The van der Waals surface area contributed by atoms with Crippen LogP contribution in [0.25, 0.3) is 10.9 Å². The number of hydrogen-bond donors (Lipinski definition) is 3. The second kappa shape index (κ2) is 9.55. The maximum absolute atomic E-state index is 13.0. The molecular formula is C26H36ClN7O3. The molecule has 4 rings (SSSR count). The van der Waals surface area contributed by atoms with Crippen molar-refractivity contribution in [3.05, 3.63) is 39.9 Å². The molecule has 1 aliphatic heterocycles. The molecule has 0 saturated carbocycles. The highest BCUT2D eigenvalue weighted by molar-refractivity contribution is 6.32. The molecule has 2 amide bonds. The fourth-order valence-electron chi connectivity index (χ4n) is 4.38. The molecule has 11 heteroatoms. The van der Waals surface area contributed by atoms with Crippen molar-refractivity contribution in [2.75, 3.05) is 18.4 Å². The van der Waals surface area contributed by atoms with Gasteiger partial charge < -0.3 is 24.8 Å². The quantitative estimate of drug-likeness (QED) is 0.447. The number of ether oxygens (including phenoxy) is 1. The first-order valence-corrected chi connectivity index (χ1v) is 12.7. The van der Waals surface area contributed by atoms with Gasteiger partial charge in [0, 0.05) is 30.5 Å². The predicted octanol–water partition coefficient (Wildman–Crippen LogP) is 4.52.